The Morgan fingerprint density at radius 3 is 2.43 bits per heavy atom. The second kappa shape index (κ2) is 7.44. The molecule has 2 N–H and O–H groups in total. The molecule has 1 aliphatic rings. The van der Waals surface area contributed by atoms with E-state index in [0.717, 1.165) is 34.6 Å². The van der Waals surface area contributed by atoms with Gasteiger partial charge >= 0.3 is 0 Å². The van der Waals surface area contributed by atoms with Crippen molar-refractivity contribution in [2.24, 2.45) is 0 Å². The number of hydrogen-bond donors (Lipinski definition) is 2. The maximum Gasteiger partial charge on any atom is 0.279 e. The van der Waals surface area contributed by atoms with Crippen LogP contribution in [0.2, 0.25) is 0 Å². The van der Waals surface area contributed by atoms with Crippen LogP contribution in [0.4, 0.5) is 4.39 Å². The van der Waals surface area contributed by atoms with Crippen molar-refractivity contribution in [1.82, 2.24) is 10.9 Å². The Balaban J connectivity index is 1.48. The molecule has 4 rings (SSSR count). The number of rotatable bonds is 3. The van der Waals surface area contributed by atoms with E-state index in [0.29, 0.717) is 4.88 Å². The van der Waals surface area contributed by atoms with Crippen molar-refractivity contribution in [3.63, 3.8) is 0 Å². The zero-order valence-corrected chi connectivity index (χ0v) is 15.9. The Kier molecular flexibility index (Phi) is 4.83. The first-order valence-corrected chi connectivity index (χ1v) is 9.53. The normalized spacial score (nSPS) is 11.9. The highest BCUT2D eigenvalue weighted by molar-refractivity contribution is 7.17. The predicted molar refractivity (Wildman–Crippen MR) is 105 cm³/mol. The molecular formula is C21H17FN2O3S. The third kappa shape index (κ3) is 3.48. The van der Waals surface area contributed by atoms with Gasteiger partial charge in [0.25, 0.3) is 11.8 Å². The molecule has 1 heterocycles. The van der Waals surface area contributed by atoms with Gasteiger partial charge in [-0.3, -0.25) is 20.4 Å². The topological polar surface area (TPSA) is 67.4 Å². The fourth-order valence-electron chi connectivity index (χ4n) is 3.20. The van der Waals surface area contributed by atoms with Gasteiger partial charge < -0.3 is 4.74 Å². The van der Waals surface area contributed by atoms with Crippen molar-refractivity contribution in [2.75, 3.05) is 7.11 Å². The molecule has 1 aliphatic carbocycles. The Morgan fingerprint density at radius 1 is 0.964 bits per heavy atom. The second-order valence-corrected chi connectivity index (χ2v) is 7.46. The van der Waals surface area contributed by atoms with Gasteiger partial charge in [-0.15, -0.1) is 11.3 Å². The molecule has 7 heteroatoms. The summed E-state index contributed by atoms with van der Waals surface area (Å²) < 4.78 is 18.2. The zero-order valence-electron chi connectivity index (χ0n) is 15.0. The molecule has 0 saturated carbocycles. The quantitative estimate of drug-likeness (QED) is 0.663. The van der Waals surface area contributed by atoms with Gasteiger partial charge in [-0.1, -0.05) is 0 Å². The van der Waals surface area contributed by atoms with Gasteiger partial charge in [-0.05, 0) is 78.1 Å². The average molecular weight is 396 g/mol. The molecule has 0 unspecified atom stereocenters. The Labute approximate surface area is 165 Å². The van der Waals surface area contributed by atoms with Gasteiger partial charge in [0.2, 0.25) is 0 Å². The van der Waals surface area contributed by atoms with Crippen LogP contribution in [0.5, 0.6) is 5.75 Å². The van der Waals surface area contributed by atoms with Gasteiger partial charge in [0.1, 0.15) is 11.6 Å². The van der Waals surface area contributed by atoms with E-state index in [1.54, 1.807) is 7.11 Å². The number of benzene rings is 2. The Bertz CT molecular complexity index is 1060. The summed E-state index contributed by atoms with van der Waals surface area (Å²) in [4.78, 5) is 26.1. The number of carbonyl (C=O) groups is 2. The lowest BCUT2D eigenvalue weighted by Gasteiger charge is -2.16. The Hall–Kier alpha value is -3.19. The van der Waals surface area contributed by atoms with Crippen LogP contribution in [0.15, 0.2) is 48.5 Å². The minimum Gasteiger partial charge on any atom is -0.497 e. The number of halogens is 1. The maximum absolute atomic E-state index is 12.9. The van der Waals surface area contributed by atoms with E-state index in [1.165, 1.54) is 41.2 Å². The SMILES string of the molecule is COc1ccc2c(c1)CCc1cc(C(=O)NNC(=O)c3ccc(F)cc3)sc1-2. The number of amides is 2. The largest absolute Gasteiger partial charge is 0.497 e. The fraction of sp³-hybridized carbons (Fsp3) is 0.143. The Morgan fingerprint density at radius 2 is 1.68 bits per heavy atom. The van der Waals surface area contributed by atoms with Crippen molar-refractivity contribution < 1.29 is 18.7 Å². The van der Waals surface area contributed by atoms with Gasteiger partial charge in [-0.2, -0.15) is 0 Å². The molecular weight excluding hydrogens is 379 g/mol. The first-order chi connectivity index (χ1) is 13.5. The molecule has 0 radical (unpaired) electrons. The predicted octanol–water partition coefficient (Wildman–Crippen LogP) is 3.74. The summed E-state index contributed by atoms with van der Waals surface area (Å²) in [5.41, 5.74) is 8.48. The van der Waals surface area contributed by atoms with E-state index in [1.807, 2.05) is 24.3 Å². The summed E-state index contributed by atoms with van der Waals surface area (Å²) >= 11 is 1.40. The molecule has 0 bridgehead atoms. The average Bonchev–Trinajstić information content (AvgIpc) is 3.16. The second-order valence-electron chi connectivity index (χ2n) is 6.40. The summed E-state index contributed by atoms with van der Waals surface area (Å²) in [6, 6.07) is 12.9. The summed E-state index contributed by atoms with van der Waals surface area (Å²) in [6.07, 6.45) is 1.74. The molecule has 0 saturated heterocycles. The third-order valence-corrected chi connectivity index (χ3v) is 5.86. The van der Waals surface area contributed by atoms with Crippen molar-refractivity contribution in [3.8, 4) is 16.2 Å². The number of thiophene rings is 1. The molecule has 2 amide bonds. The summed E-state index contributed by atoms with van der Waals surface area (Å²) in [5, 5.41) is 0. The van der Waals surface area contributed by atoms with Crippen molar-refractivity contribution in [1.29, 1.82) is 0 Å². The minimum atomic E-state index is -0.507. The van der Waals surface area contributed by atoms with E-state index in [9.17, 15) is 14.0 Å². The number of ether oxygens (including phenoxy) is 1. The lowest BCUT2D eigenvalue weighted by Crippen LogP contribution is -2.41. The van der Waals surface area contributed by atoms with Crippen LogP contribution < -0.4 is 15.6 Å². The molecule has 2 aromatic carbocycles. The molecule has 5 nitrogen and oxygen atoms in total. The molecule has 0 aliphatic heterocycles. The van der Waals surface area contributed by atoms with Crippen LogP contribution >= 0.6 is 11.3 Å². The van der Waals surface area contributed by atoms with E-state index in [2.05, 4.69) is 10.9 Å². The smallest absolute Gasteiger partial charge is 0.279 e. The number of fused-ring (bicyclic) bond motifs is 3. The highest BCUT2D eigenvalue weighted by Gasteiger charge is 2.22. The molecule has 0 spiro atoms. The summed E-state index contributed by atoms with van der Waals surface area (Å²) in [5.74, 6) is -0.500. The molecule has 1 aromatic heterocycles. The number of carbonyl (C=O) groups excluding carboxylic acids is 2. The first-order valence-electron chi connectivity index (χ1n) is 8.71. The van der Waals surface area contributed by atoms with Gasteiger partial charge in [-0.25, -0.2) is 4.39 Å². The first kappa shape index (κ1) is 18.2. The molecule has 28 heavy (non-hydrogen) atoms. The monoisotopic (exact) mass is 396 g/mol. The van der Waals surface area contributed by atoms with E-state index in [4.69, 9.17) is 4.74 Å². The third-order valence-electron chi connectivity index (χ3n) is 4.65. The summed E-state index contributed by atoms with van der Waals surface area (Å²) in [7, 11) is 1.64. The lowest BCUT2D eigenvalue weighted by atomic mass is 9.91. The standard InChI is InChI=1S/C21H17FN2O3S/c1-27-16-8-9-17-13(10-16)2-3-14-11-18(28-19(14)17)21(26)24-23-20(25)12-4-6-15(22)7-5-12/h4-11H,2-3H2,1H3,(H,23,25)(H,24,26). The van der Waals surface area contributed by atoms with Gasteiger partial charge in [0.15, 0.2) is 0 Å². The highest BCUT2D eigenvalue weighted by Crippen LogP contribution is 2.40. The van der Waals surface area contributed by atoms with Crippen LogP contribution in [-0.2, 0) is 12.8 Å². The van der Waals surface area contributed by atoms with Crippen molar-refractivity contribution in [2.45, 2.75) is 12.8 Å². The van der Waals surface area contributed by atoms with Crippen LogP contribution in [0.3, 0.4) is 0 Å². The maximum atomic E-state index is 12.9. The number of nitrogens with one attached hydrogen (secondary N) is 2. The zero-order chi connectivity index (χ0) is 19.7. The molecule has 3 aromatic rings. The fourth-order valence-corrected chi connectivity index (χ4v) is 4.36. The molecule has 0 atom stereocenters. The van der Waals surface area contributed by atoms with Crippen molar-refractivity contribution >= 4 is 23.2 Å². The van der Waals surface area contributed by atoms with Crippen LogP contribution in [0, 0.1) is 5.82 Å². The summed E-state index contributed by atoms with van der Waals surface area (Å²) in [6.45, 7) is 0. The van der Waals surface area contributed by atoms with Gasteiger partial charge in [0, 0.05) is 10.4 Å². The molecule has 0 fully saturated rings. The minimum absolute atomic E-state index is 0.259. The number of aryl methyl sites for hydroxylation is 2. The number of hydrazine groups is 1. The molecule has 142 valence electrons. The highest BCUT2D eigenvalue weighted by atomic mass is 32.1. The van der Waals surface area contributed by atoms with E-state index >= 15 is 0 Å². The van der Waals surface area contributed by atoms with E-state index in [-0.39, 0.29) is 11.5 Å². The van der Waals surface area contributed by atoms with Crippen LogP contribution in [0.25, 0.3) is 10.4 Å². The van der Waals surface area contributed by atoms with Crippen molar-refractivity contribution in [3.05, 3.63) is 75.9 Å². The lowest BCUT2D eigenvalue weighted by molar-refractivity contribution is 0.0849. The van der Waals surface area contributed by atoms with E-state index < -0.39 is 11.7 Å². The number of hydrogen-bond acceptors (Lipinski definition) is 4. The van der Waals surface area contributed by atoms with Crippen LogP contribution in [-0.4, -0.2) is 18.9 Å². The number of methoxy groups -OCH3 is 1. The van der Waals surface area contributed by atoms with Crippen LogP contribution in [0.1, 0.15) is 31.2 Å². The van der Waals surface area contributed by atoms with Gasteiger partial charge in [0.05, 0.1) is 12.0 Å².